The van der Waals surface area contributed by atoms with Gasteiger partial charge in [0.1, 0.15) is 10.7 Å². The smallest absolute Gasteiger partial charge is 0.275 e. The molecule has 0 aliphatic carbocycles. The van der Waals surface area contributed by atoms with Crippen LogP contribution >= 0.6 is 11.3 Å². The predicted octanol–water partition coefficient (Wildman–Crippen LogP) is 4.03. The van der Waals surface area contributed by atoms with Crippen molar-refractivity contribution in [2.45, 2.75) is 13.5 Å². The molecule has 2 aromatic carbocycles. The summed E-state index contributed by atoms with van der Waals surface area (Å²) in [6.07, 6.45) is 0. The van der Waals surface area contributed by atoms with Gasteiger partial charge in [0.25, 0.3) is 5.91 Å². The van der Waals surface area contributed by atoms with E-state index in [0.717, 1.165) is 43.4 Å². The number of thiazole rings is 1. The molecule has 0 atom stereocenters. The largest absolute Gasteiger partial charge is 0.369 e. The molecule has 0 unspecified atom stereocenters. The topological polar surface area (TPSA) is 48.5 Å². The van der Waals surface area contributed by atoms with Crippen molar-refractivity contribution < 1.29 is 4.79 Å². The van der Waals surface area contributed by atoms with Crippen LogP contribution in [0.2, 0.25) is 0 Å². The Hall–Kier alpha value is -2.70. The Morgan fingerprint density at radius 3 is 2.46 bits per heavy atom. The summed E-state index contributed by atoms with van der Waals surface area (Å²) in [5.41, 5.74) is 3.73. The number of nitrogens with one attached hydrogen (secondary N) is 1. The Balaban J connectivity index is 1.30. The number of carbonyl (C=O) groups is 1. The maximum Gasteiger partial charge on any atom is 0.275 e. The molecule has 1 fully saturated rings. The second kappa shape index (κ2) is 8.54. The van der Waals surface area contributed by atoms with Crippen molar-refractivity contribution in [1.29, 1.82) is 0 Å². The van der Waals surface area contributed by atoms with Gasteiger partial charge in [-0.3, -0.25) is 9.69 Å². The molecule has 1 aromatic heterocycles. The van der Waals surface area contributed by atoms with Gasteiger partial charge in [-0.25, -0.2) is 4.98 Å². The zero-order chi connectivity index (χ0) is 19.3. The average Bonchev–Trinajstić information content (AvgIpc) is 3.20. The molecule has 4 rings (SSSR count). The standard InChI is InChI=1S/C22H24N4OS/c1-17-7-9-18(10-8-17)23-22(27)20-16-28-21(24-20)15-25-11-13-26(14-12-25)19-5-3-2-4-6-19/h2-10,16H,11-15H2,1H3,(H,23,27). The number of carbonyl (C=O) groups excluding carboxylic acids is 1. The van der Waals surface area contributed by atoms with E-state index in [1.165, 1.54) is 11.3 Å². The molecule has 0 radical (unpaired) electrons. The SMILES string of the molecule is Cc1ccc(NC(=O)c2csc(CN3CCN(c4ccccc4)CC3)n2)cc1. The Labute approximate surface area is 169 Å². The summed E-state index contributed by atoms with van der Waals surface area (Å²) in [5.74, 6) is -0.153. The van der Waals surface area contributed by atoms with E-state index in [4.69, 9.17) is 0 Å². The number of benzene rings is 2. The summed E-state index contributed by atoms with van der Waals surface area (Å²) in [6, 6.07) is 18.3. The summed E-state index contributed by atoms with van der Waals surface area (Å²) in [5, 5.41) is 5.75. The zero-order valence-electron chi connectivity index (χ0n) is 16.0. The van der Waals surface area contributed by atoms with E-state index in [1.807, 2.05) is 36.6 Å². The monoisotopic (exact) mass is 392 g/mol. The van der Waals surface area contributed by atoms with Crippen LogP contribution in [-0.2, 0) is 6.54 Å². The maximum absolute atomic E-state index is 12.4. The van der Waals surface area contributed by atoms with Crippen molar-refractivity contribution in [2.24, 2.45) is 0 Å². The number of para-hydroxylation sites is 1. The first-order chi connectivity index (χ1) is 13.7. The van der Waals surface area contributed by atoms with Crippen molar-refractivity contribution in [3.63, 3.8) is 0 Å². The van der Waals surface area contributed by atoms with Crippen LogP contribution in [0.4, 0.5) is 11.4 Å². The van der Waals surface area contributed by atoms with Gasteiger partial charge >= 0.3 is 0 Å². The number of hydrogen-bond acceptors (Lipinski definition) is 5. The average molecular weight is 393 g/mol. The van der Waals surface area contributed by atoms with Crippen LogP contribution in [0.15, 0.2) is 60.0 Å². The summed E-state index contributed by atoms with van der Waals surface area (Å²) in [6.45, 7) is 6.84. The minimum absolute atomic E-state index is 0.153. The van der Waals surface area contributed by atoms with Gasteiger partial charge in [-0.15, -0.1) is 11.3 Å². The lowest BCUT2D eigenvalue weighted by Crippen LogP contribution is -2.45. The van der Waals surface area contributed by atoms with Crippen LogP contribution in [0, 0.1) is 6.92 Å². The second-order valence-corrected chi connectivity index (χ2v) is 7.99. The number of nitrogens with zero attached hydrogens (tertiary/aromatic N) is 3. The normalized spacial score (nSPS) is 14.8. The lowest BCUT2D eigenvalue weighted by atomic mass is 10.2. The summed E-state index contributed by atoms with van der Waals surface area (Å²) in [7, 11) is 0. The minimum Gasteiger partial charge on any atom is -0.369 e. The molecule has 2 heterocycles. The Morgan fingerprint density at radius 2 is 1.75 bits per heavy atom. The van der Waals surface area contributed by atoms with Crippen LogP contribution in [0.25, 0.3) is 0 Å². The Bertz CT molecular complexity index is 915. The van der Waals surface area contributed by atoms with Gasteiger partial charge in [-0.1, -0.05) is 35.9 Å². The Kier molecular flexibility index (Phi) is 5.69. The molecule has 6 heteroatoms. The number of amides is 1. The second-order valence-electron chi connectivity index (χ2n) is 7.05. The van der Waals surface area contributed by atoms with E-state index in [1.54, 1.807) is 11.3 Å². The zero-order valence-corrected chi connectivity index (χ0v) is 16.8. The fourth-order valence-electron chi connectivity index (χ4n) is 3.31. The molecule has 1 amide bonds. The quantitative estimate of drug-likeness (QED) is 0.712. The van der Waals surface area contributed by atoms with E-state index in [0.29, 0.717) is 5.69 Å². The van der Waals surface area contributed by atoms with Crippen LogP contribution in [-0.4, -0.2) is 42.0 Å². The minimum atomic E-state index is -0.153. The molecule has 0 bridgehead atoms. The molecule has 0 spiro atoms. The first-order valence-corrected chi connectivity index (χ1v) is 10.4. The van der Waals surface area contributed by atoms with Crippen molar-refractivity contribution in [3.05, 3.63) is 76.2 Å². The van der Waals surface area contributed by atoms with Gasteiger partial charge in [-0.05, 0) is 31.2 Å². The third-order valence-corrected chi connectivity index (χ3v) is 5.78. The van der Waals surface area contributed by atoms with Gasteiger partial charge in [0.15, 0.2) is 0 Å². The molecule has 1 aliphatic rings. The highest BCUT2D eigenvalue weighted by molar-refractivity contribution is 7.09. The molecule has 144 valence electrons. The van der Waals surface area contributed by atoms with Crippen molar-refractivity contribution in [1.82, 2.24) is 9.88 Å². The third kappa shape index (κ3) is 4.58. The third-order valence-electron chi connectivity index (χ3n) is 4.95. The first kappa shape index (κ1) is 18.7. The Morgan fingerprint density at radius 1 is 1.04 bits per heavy atom. The lowest BCUT2D eigenvalue weighted by molar-refractivity contribution is 0.102. The van der Waals surface area contributed by atoms with Gasteiger partial charge in [0.05, 0.1) is 6.54 Å². The van der Waals surface area contributed by atoms with Gasteiger partial charge in [-0.2, -0.15) is 0 Å². The van der Waals surface area contributed by atoms with Gasteiger partial charge in [0, 0.05) is 42.9 Å². The fourth-order valence-corrected chi connectivity index (χ4v) is 4.13. The highest BCUT2D eigenvalue weighted by Gasteiger charge is 2.19. The van der Waals surface area contributed by atoms with E-state index in [-0.39, 0.29) is 5.91 Å². The molecule has 28 heavy (non-hydrogen) atoms. The molecule has 1 saturated heterocycles. The number of aryl methyl sites for hydroxylation is 1. The summed E-state index contributed by atoms with van der Waals surface area (Å²) < 4.78 is 0. The van der Waals surface area contributed by atoms with Crippen LogP contribution in [0.3, 0.4) is 0 Å². The molecule has 1 N–H and O–H groups in total. The molecular weight excluding hydrogens is 368 g/mol. The van der Waals surface area contributed by atoms with Crippen LogP contribution in [0.1, 0.15) is 21.1 Å². The van der Waals surface area contributed by atoms with E-state index < -0.39 is 0 Å². The summed E-state index contributed by atoms with van der Waals surface area (Å²) >= 11 is 1.55. The lowest BCUT2D eigenvalue weighted by Gasteiger charge is -2.35. The molecular formula is C22H24N4OS. The highest BCUT2D eigenvalue weighted by atomic mass is 32.1. The van der Waals surface area contributed by atoms with Crippen molar-refractivity contribution >= 4 is 28.6 Å². The molecule has 5 nitrogen and oxygen atoms in total. The fraction of sp³-hybridized carbons (Fsp3) is 0.273. The highest BCUT2D eigenvalue weighted by Crippen LogP contribution is 2.19. The maximum atomic E-state index is 12.4. The van der Waals surface area contributed by atoms with Crippen LogP contribution < -0.4 is 10.2 Å². The number of hydrogen-bond donors (Lipinski definition) is 1. The van der Waals surface area contributed by atoms with Crippen molar-refractivity contribution in [3.8, 4) is 0 Å². The number of piperazine rings is 1. The summed E-state index contributed by atoms with van der Waals surface area (Å²) in [4.78, 5) is 21.8. The van der Waals surface area contributed by atoms with Gasteiger partial charge < -0.3 is 10.2 Å². The van der Waals surface area contributed by atoms with Crippen LogP contribution in [0.5, 0.6) is 0 Å². The van der Waals surface area contributed by atoms with Gasteiger partial charge in [0.2, 0.25) is 0 Å². The van der Waals surface area contributed by atoms with E-state index in [2.05, 4.69) is 50.4 Å². The van der Waals surface area contributed by atoms with Crippen molar-refractivity contribution in [2.75, 3.05) is 36.4 Å². The number of aromatic nitrogens is 1. The first-order valence-electron chi connectivity index (χ1n) is 9.52. The molecule has 1 aliphatic heterocycles. The number of rotatable bonds is 5. The molecule has 0 saturated carbocycles. The van der Waals surface area contributed by atoms with E-state index >= 15 is 0 Å². The number of anilines is 2. The molecule has 3 aromatic rings. The van der Waals surface area contributed by atoms with E-state index in [9.17, 15) is 4.79 Å². The predicted molar refractivity (Wildman–Crippen MR) is 115 cm³/mol.